The van der Waals surface area contributed by atoms with Crippen molar-refractivity contribution >= 4 is 11.9 Å². The number of carbonyl (C=O) groups excluding carboxylic acids is 2. The van der Waals surface area contributed by atoms with E-state index in [1.54, 1.807) is 0 Å². The number of methoxy groups -OCH3 is 1. The molecule has 0 aromatic rings. The van der Waals surface area contributed by atoms with Gasteiger partial charge in [-0.3, -0.25) is 9.59 Å². The van der Waals surface area contributed by atoms with E-state index in [0.29, 0.717) is 25.5 Å². The van der Waals surface area contributed by atoms with Gasteiger partial charge < -0.3 is 14.4 Å². The Bertz CT molecular complexity index is 518. The molecular formula is C30H57NO4. The molecule has 206 valence electrons. The van der Waals surface area contributed by atoms with Crippen LogP contribution in [-0.4, -0.2) is 50.7 Å². The summed E-state index contributed by atoms with van der Waals surface area (Å²) in [6.07, 6.45) is 26.9. The van der Waals surface area contributed by atoms with Crippen molar-refractivity contribution in [3.8, 4) is 0 Å². The Labute approximate surface area is 217 Å². The average Bonchev–Trinajstić information content (AvgIpc) is 2.84. The van der Waals surface area contributed by atoms with Crippen LogP contribution in [0.25, 0.3) is 0 Å². The normalized spacial score (nSPS) is 12.4. The monoisotopic (exact) mass is 495 g/mol. The minimum absolute atomic E-state index is 0.0575. The van der Waals surface area contributed by atoms with E-state index in [4.69, 9.17) is 4.74 Å². The molecule has 0 rings (SSSR count). The topological polar surface area (TPSA) is 55.8 Å². The Kier molecular flexibility index (Phi) is 24.7. The van der Waals surface area contributed by atoms with Crippen molar-refractivity contribution < 1.29 is 19.1 Å². The number of hydrogen-bond donors (Lipinski definition) is 0. The fraction of sp³-hybridized carbons (Fsp3) is 0.867. The molecule has 0 saturated carbocycles. The molecule has 0 N–H and O–H groups in total. The van der Waals surface area contributed by atoms with Crippen LogP contribution in [0.15, 0.2) is 12.2 Å². The fourth-order valence-electron chi connectivity index (χ4n) is 4.39. The van der Waals surface area contributed by atoms with Gasteiger partial charge >= 0.3 is 11.9 Å². The Morgan fingerprint density at radius 2 is 1.20 bits per heavy atom. The molecule has 0 radical (unpaired) electrons. The molecule has 0 aliphatic rings. The highest BCUT2D eigenvalue weighted by atomic mass is 16.5. The molecule has 0 fully saturated rings. The summed E-state index contributed by atoms with van der Waals surface area (Å²) in [4.78, 5) is 25.3. The number of rotatable bonds is 25. The molecule has 0 aliphatic carbocycles. The first-order valence-electron chi connectivity index (χ1n) is 14.5. The van der Waals surface area contributed by atoms with Gasteiger partial charge in [0.15, 0.2) is 0 Å². The van der Waals surface area contributed by atoms with Crippen LogP contribution in [0, 0.1) is 0 Å². The maximum Gasteiger partial charge on any atom is 0.306 e. The largest absolute Gasteiger partial charge is 0.469 e. The van der Waals surface area contributed by atoms with Gasteiger partial charge in [-0.05, 0) is 52.6 Å². The lowest BCUT2D eigenvalue weighted by Gasteiger charge is -2.24. The molecule has 1 unspecified atom stereocenters. The second-order valence-corrected chi connectivity index (χ2v) is 10.2. The predicted octanol–water partition coefficient (Wildman–Crippen LogP) is 8.01. The molecule has 1 atom stereocenters. The van der Waals surface area contributed by atoms with Gasteiger partial charge in [0.05, 0.1) is 7.11 Å². The quantitative estimate of drug-likeness (QED) is 0.0729. The van der Waals surface area contributed by atoms with Crippen LogP contribution < -0.4 is 0 Å². The van der Waals surface area contributed by atoms with Gasteiger partial charge in [-0.15, -0.1) is 0 Å². The van der Waals surface area contributed by atoms with Crippen molar-refractivity contribution in [3.05, 3.63) is 12.2 Å². The third-order valence-electron chi connectivity index (χ3n) is 6.78. The first kappa shape index (κ1) is 33.6. The molecule has 0 bridgehead atoms. The summed E-state index contributed by atoms with van der Waals surface area (Å²) < 4.78 is 9.97. The van der Waals surface area contributed by atoms with Crippen molar-refractivity contribution in [1.82, 2.24) is 4.90 Å². The number of allylic oxidation sites excluding steroid dienone is 1. The van der Waals surface area contributed by atoms with Crippen LogP contribution in [-0.2, 0) is 19.1 Å². The minimum Gasteiger partial charge on any atom is -0.469 e. The van der Waals surface area contributed by atoms with E-state index in [0.717, 1.165) is 32.1 Å². The molecule has 0 spiro atoms. The van der Waals surface area contributed by atoms with Crippen molar-refractivity contribution in [3.63, 3.8) is 0 Å². The first-order chi connectivity index (χ1) is 17.0. The number of nitrogens with zero attached hydrogens (tertiary/aromatic N) is 1. The SMILES string of the molecule is CCCCCC/C=C\COC(=O)CCCCCCCCC(CCCCCCCC(=O)OC)N(C)C. The van der Waals surface area contributed by atoms with Gasteiger partial charge in [0, 0.05) is 18.9 Å². The second-order valence-electron chi connectivity index (χ2n) is 10.2. The molecule has 0 heterocycles. The molecule has 5 heteroatoms. The summed E-state index contributed by atoms with van der Waals surface area (Å²) in [7, 11) is 5.85. The maximum absolute atomic E-state index is 11.8. The fourth-order valence-corrected chi connectivity index (χ4v) is 4.39. The smallest absolute Gasteiger partial charge is 0.306 e. The second kappa shape index (κ2) is 25.7. The van der Waals surface area contributed by atoms with Crippen LogP contribution in [0.5, 0.6) is 0 Å². The van der Waals surface area contributed by atoms with E-state index in [1.807, 2.05) is 6.08 Å². The zero-order chi connectivity index (χ0) is 26.0. The maximum atomic E-state index is 11.8. The third-order valence-corrected chi connectivity index (χ3v) is 6.78. The van der Waals surface area contributed by atoms with Crippen LogP contribution in [0.3, 0.4) is 0 Å². The van der Waals surface area contributed by atoms with E-state index < -0.39 is 0 Å². The molecular weight excluding hydrogens is 438 g/mol. The van der Waals surface area contributed by atoms with Crippen molar-refractivity contribution in [1.29, 1.82) is 0 Å². The predicted molar refractivity (Wildman–Crippen MR) is 148 cm³/mol. The van der Waals surface area contributed by atoms with Gasteiger partial charge in [0.1, 0.15) is 6.61 Å². The van der Waals surface area contributed by atoms with Crippen LogP contribution in [0.1, 0.15) is 135 Å². The summed E-state index contributed by atoms with van der Waals surface area (Å²) >= 11 is 0. The lowest BCUT2D eigenvalue weighted by Crippen LogP contribution is -2.27. The highest BCUT2D eigenvalue weighted by Gasteiger charge is 2.10. The standard InChI is InChI=1S/C30H57NO4/c1-5-6-7-8-11-17-22-27-35-30(33)26-21-15-10-9-13-18-23-28(31(2)3)24-19-14-12-16-20-25-29(32)34-4/h17,22,28H,5-16,18-21,23-27H2,1-4H3/b22-17-. The summed E-state index contributed by atoms with van der Waals surface area (Å²) in [5.41, 5.74) is 0. The highest BCUT2D eigenvalue weighted by Crippen LogP contribution is 2.17. The summed E-state index contributed by atoms with van der Waals surface area (Å²) in [5, 5.41) is 0. The van der Waals surface area contributed by atoms with Crippen LogP contribution >= 0.6 is 0 Å². The Morgan fingerprint density at radius 1 is 0.686 bits per heavy atom. The summed E-state index contributed by atoms with van der Waals surface area (Å²) in [6, 6.07) is 0.672. The van der Waals surface area contributed by atoms with E-state index in [9.17, 15) is 9.59 Å². The first-order valence-corrected chi connectivity index (χ1v) is 14.5. The van der Waals surface area contributed by atoms with Gasteiger partial charge in [0.25, 0.3) is 0 Å². The summed E-state index contributed by atoms with van der Waals surface area (Å²) in [5.74, 6) is -0.148. The zero-order valence-electron chi connectivity index (χ0n) is 23.7. The minimum atomic E-state index is -0.0908. The lowest BCUT2D eigenvalue weighted by atomic mass is 9.99. The molecule has 0 amide bonds. The van der Waals surface area contributed by atoms with Crippen LogP contribution in [0.4, 0.5) is 0 Å². The van der Waals surface area contributed by atoms with Crippen molar-refractivity contribution in [2.24, 2.45) is 0 Å². The number of esters is 2. The molecule has 35 heavy (non-hydrogen) atoms. The number of hydrogen-bond acceptors (Lipinski definition) is 5. The molecule has 0 saturated heterocycles. The Hall–Kier alpha value is -1.36. The van der Waals surface area contributed by atoms with Crippen molar-refractivity contribution in [2.75, 3.05) is 27.8 Å². The highest BCUT2D eigenvalue weighted by molar-refractivity contribution is 5.69. The van der Waals surface area contributed by atoms with E-state index >= 15 is 0 Å². The van der Waals surface area contributed by atoms with Gasteiger partial charge in [-0.2, -0.15) is 0 Å². The zero-order valence-corrected chi connectivity index (χ0v) is 23.7. The average molecular weight is 496 g/mol. The van der Waals surface area contributed by atoms with E-state index in [-0.39, 0.29) is 11.9 Å². The number of carbonyl (C=O) groups is 2. The molecule has 0 aromatic carbocycles. The number of unbranched alkanes of at least 4 members (excludes halogenated alkanes) is 13. The van der Waals surface area contributed by atoms with Gasteiger partial charge in [-0.25, -0.2) is 0 Å². The molecule has 0 aliphatic heterocycles. The number of ether oxygens (including phenoxy) is 2. The Balaban J connectivity index is 3.57. The van der Waals surface area contributed by atoms with Crippen molar-refractivity contribution in [2.45, 2.75) is 141 Å². The molecule has 0 aromatic heterocycles. The molecule has 5 nitrogen and oxygen atoms in total. The Morgan fingerprint density at radius 3 is 1.74 bits per heavy atom. The van der Waals surface area contributed by atoms with Gasteiger partial charge in [0.2, 0.25) is 0 Å². The third kappa shape index (κ3) is 24.1. The van der Waals surface area contributed by atoms with Gasteiger partial charge in [-0.1, -0.05) is 96.1 Å². The lowest BCUT2D eigenvalue weighted by molar-refractivity contribution is -0.142. The van der Waals surface area contributed by atoms with E-state index in [2.05, 4.69) is 36.7 Å². The summed E-state index contributed by atoms with van der Waals surface area (Å²) in [6.45, 7) is 2.65. The van der Waals surface area contributed by atoms with Crippen LogP contribution in [0.2, 0.25) is 0 Å². The van der Waals surface area contributed by atoms with E-state index in [1.165, 1.54) is 90.6 Å².